The molecule has 0 fully saturated rings. The van der Waals surface area contributed by atoms with E-state index in [0.717, 1.165) is 45.6 Å². The Kier molecular flexibility index (Phi) is 8.03. The van der Waals surface area contributed by atoms with Gasteiger partial charge >= 0.3 is 0 Å². The van der Waals surface area contributed by atoms with Gasteiger partial charge in [-0.05, 0) is 90.6 Å². The molecule has 0 aliphatic carbocycles. The van der Waals surface area contributed by atoms with E-state index in [-0.39, 0.29) is 13.2 Å². The minimum Gasteiger partial charge on any atom is -0.491 e. The van der Waals surface area contributed by atoms with Crippen LogP contribution in [0.25, 0.3) is 11.1 Å². The molecule has 0 saturated heterocycles. The number of aliphatic hydroxyl groups is 1. The molecule has 3 aromatic rings. The Morgan fingerprint density at radius 3 is 2.22 bits per heavy atom. The lowest BCUT2D eigenvalue weighted by molar-refractivity contribution is 0.0325. The van der Waals surface area contributed by atoms with E-state index in [9.17, 15) is 9.90 Å². The molecule has 168 valence electrons. The largest absolute Gasteiger partial charge is 0.491 e. The zero-order valence-electron chi connectivity index (χ0n) is 19.1. The fourth-order valence-corrected chi connectivity index (χ4v) is 3.78. The normalized spacial score (nSPS) is 11.8. The summed E-state index contributed by atoms with van der Waals surface area (Å²) >= 11 is 0. The van der Waals surface area contributed by atoms with Crippen molar-refractivity contribution >= 4 is 6.29 Å². The fraction of sp³-hybridized carbons (Fsp3) is 0.296. The molecule has 1 atom stereocenters. The Morgan fingerprint density at radius 2 is 1.59 bits per heavy atom. The van der Waals surface area contributed by atoms with Crippen LogP contribution in [-0.4, -0.2) is 37.8 Å². The van der Waals surface area contributed by atoms with Crippen LogP contribution in [-0.2, 0) is 11.3 Å². The van der Waals surface area contributed by atoms with Crippen LogP contribution in [0.5, 0.6) is 11.5 Å². The van der Waals surface area contributed by atoms with Gasteiger partial charge in [-0.3, -0.25) is 4.79 Å². The van der Waals surface area contributed by atoms with E-state index in [1.165, 1.54) is 5.56 Å². The van der Waals surface area contributed by atoms with Gasteiger partial charge in [0.2, 0.25) is 0 Å². The highest BCUT2D eigenvalue weighted by atomic mass is 16.5. The molecule has 5 heteroatoms. The second-order valence-electron chi connectivity index (χ2n) is 7.92. The van der Waals surface area contributed by atoms with Crippen molar-refractivity contribution in [1.82, 2.24) is 0 Å². The molecule has 0 unspecified atom stereocenters. The first-order chi connectivity index (χ1) is 15.4. The van der Waals surface area contributed by atoms with Crippen molar-refractivity contribution < 1.29 is 24.1 Å². The lowest BCUT2D eigenvalue weighted by Gasteiger charge is -2.18. The van der Waals surface area contributed by atoms with Crippen LogP contribution in [0.2, 0.25) is 0 Å². The molecule has 32 heavy (non-hydrogen) atoms. The number of aryl methyl sites for hydroxylation is 2. The number of hydrogen-bond donors (Lipinski definition) is 1. The number of carbonyl (C=O) groups is 1. The Labute approximate surface area is 189 Å². The van der Waals surface area contributed by atoms with Crippen molar-refractivity contribution in [1.29, 1.82) is 0 Å². The maximum Gasteiger partial charge on any atom is 0.150 e. The number of aliphatic hydroxyl groups excluding tert-OH is 1. The van der Waals surface area contributed by atoms with Crippen LogP contribution in [0.4, 0.5) is 0 Å². The van der Waals surface area contributed by atoms with Gasteiger partial charge < -0.3 is 19.3 Å². The van der Waals surface area contributed by atoms with Crippen LogP contribution >= 0.6 is 0 Å². The highest BCUT2D eigenvalue weighted by molar-refractivity contribution is 5.76. The smallest absolute Gasteiger partial charge is 0.150 e. The van der Waals surface area contributed by atoms with E-state index in [2.05, 4.69) is 32.9 Å². The maximum atomic E-state index is 10.8. The molecule has 0 aromatic heterocycles. The van der Waals surface area contributed by atoms with E-state index in [1.54, 1.807) is 31.4 Å². The third kappa shape index (κ3) is 5.75. The van der Waals surface area contributed by atoms with Gasteiger partial charge in [0.15, 0.2) is 0 Å². The molecule has 3 aromatic carbocycles. The second kappa shape index (κ2) is 10.9. The van der Waals surface area contributed by atoms with E-state index in [1.807, 2.05) is 18.2 Å². The first kappa shape index (κ1) is 23.5. The molecule has 1 N–H and O–H groups in total. The van der Waals surface area contributed by atoms with Crippen molar-refractivity contribution in [3.05, 3.63) is 82.4 Å². The number of aldehydes is 1. The molecule has 0 bridgehead atoms. The number of methoxy groups -OCH3 is 1. The summed E-state index contributed by atoms with van der Waals surface area (Å²) in [5.74, 6) is 1.46. The molecule has 0 aliphatic heterocycles. The molecule has 0 heterocycles. The number of rotatable bonds is 10. The van der Waals surface area contributed by atoms with Crippen LogP contribution in [0.15, 0.2) is 54.6 Å². The van der Waals surface area contributed by atoms with Crippen molar-refractivity contribution in [3.8, 4) is 22.6 Å². The van der Waals surface area contributed by atoms with Crippen molar-refractivity contribution in [2.75, 3.05) is 20.3 Å². The SMILES string of the molecule is COC[C@@H](O)COc1cc(C)c(-c2cccc(COc3ccc(C=O)cc3)c2C)c(C)c1. The summed E-state index contributed by atoms with van der Waals surface area (Å²) < 4.78 is 16.7. The van der Waals surface area contributed by atoms with E-state index >= 15 is 0 Å². The van der Waals surface area contributed by atoms with E-state index in [0.29, 0.717) is 12.2 Å². The van der Waals surface area contributed by atoms with Gasteiger partial charge in [0, 0.05) is 12.7 Å². The van der Waals surface area contributed by atoms with Gasteiger partial charge in [-0.15, -0.1) is 0 Å². The van der Waals surface area contributed by atoms with Crippen LogP contribution in [0.1, 0.15) is 32.6 Å². The van der Waals surface area contributed by atoms with Crippen molar-refractivity contribution in [2.24, 2.45) is 0 Å². The maximum absolute atomic E-state index is 10.8. The third-order valence-corrected chi connectivity index (χ3v) is 5.43. The van der Waals surface area contributed by atoms with Gasteiger partial charge in [-0.25, -0.2) is 0 Å². The molecule has 3 rings (SSSR count). The number of carbonyl (C=O) groups excluding carboxylic acids is 1. The Morgan fingerprint density at radius 1 is 0.906 bits per heavy atom. The fourth-order valence-electron chi connectivity index (χ4n) is 3.78. The van der Waals surface area contributed by atoms with Crippen LogP contribution < -0.4 is 9.47 Å². The zero-order chi connectivity index (χ0) is 23.1. The molecule has 0 saturated carbocycles. The molecule has 0 spiro atoms. The first-order valence-electron chi connectivity index (χ1n) is 10.6. The predicted molar refractivity (Wildman–Crippen MR) is 126 cm³/mol. The molecule has 5 nitrogen and oxygen atoms in total. The third-order valence-electron chi connectivity index (χ3n) is 5.43. The molecule has 0 aliphatic rings. The summed E-state index contributed by atoms with van der Waals surface area (Å²) in [4.78, 5) is 10.8. The van der Waals surface area contributed by atoms with Crippen LogP contribution in [0.3, 0.4) is 0 Å². The standard InChI is InChI=1S/C27H30O5/c1-18-12-25(32-17-23(29)16-30-4)13-19(2)27(18)26-7-5-6-22(20(26)3)15-31-24-10-8-21(14-28)9-11-24/h5-14,23,29H,15-17H2,1-4H3/t23-/m1/s1. The minimum absolute atomic E-state index is 0.186. The van der Waals surface area contributed by atoms with E-state index in [4.69, 9.17) is 14.2 Å². The summed E-state index contributed by atoms with van der Waals surface area (Å²) in [5, 5.41) is 9.83. The lowest BCUT2D eigenvalue weighted by Crippen LogP contribution is -2.22. The summed E-state index contributed by atoms with van der Waals surface area (Å²) in [6, 6.07) is 17.3. The van der Waals surface area contributed by atoms with Gasteiger partial charge in [0.05, 0.1) is 6.61 Å². The first-order valence-corrected chi connectivity index (χ1v) is 10.6. The Balaban J connectivity index is 1.79. The Hall–Kier alpha value is -3.15. The second-order valence-corrected chi connectivity index (χ2v) is 7.92. The quantitative estimate of drug-likeness (QED) is 0.452. The zero-order valence-corrected chi connectivity index (χ0v) is 19.1. The lowest BCUT2D eigenvalue weighted by atomic mass is 9.90. The average molecular weight is 435 g/mol. The average Bonchev–Trinajstić information content (AvgIpc) is 2.78. The van der Waals surface area contributed by atoms with E-state index < -0.39 is 6.10 Å². The number of hydrogen-bond acceptors (Lipinski definition) is 5. The summed E-state index contributed by atoms with van der Waals surface area (Å²) in [5.41, 5.74) is 7.42. The highest BCUT2D eigenvalue weighted by Crippen LogP contribution is 2.34. The minimum atomic E-state index is -0.658. The molecular formula is C27H30O5. The molecular weight excluding hydrogens is 404 g/mol. The van der Waals surface area contributed by atoms with Crippen molar-refractivity contribution in [2.45, 2.75) is 33.5 Å². The Bertz CT molecular complexity index is 1030. The number of ether oxygens (including phenoxy) is 3. The van der Waals surface area contributed by atoms with Crippen molar-refractivity contribution in [3.63, 3.8) is 0 Å². The summed E-state index contributed by atoms with van der Waals surface area (Å²) in [7, 11) is 1.55. The van der Waals surface area contributed by atoms with Gasteiger partial charge in [-0.1, -0.05) is 18.2 Å². The molecule has 0 radical (unpaired) electrons. The monoisotopic (exact) mass is 434 g/mol. The van der Waals surface area contributed by atoms with Gasteiger partial charge in [0.1, 0.15) is 37.1 Å². The number of benzene rings is 3. The van der Waals surface area contributed by atoms with Gasteiger partial charge in [-0.2, -0.15) is 0 Å². The van der Waals surface area contributed by atoms with Gasteiger partial charge in [0.25, 0.3) is 0 Å². The highest BCUT2D eigenvalue weighted by Gasteiger charge is 2.14. The topological polar surface area (TPSA) is 65.0 Å². The summed E-state index contributed by atoms with van der Waals surface area (Å²) in [6.07, 6.45) is 0.161. The van der Waals surface area contributed by atoms with Crippen LogP contribution in [0, 0.1) is 20.8 Å². The predicted octanol–water partition coefficient (Wildman–Crippen LogP) is 5.06. The summed E-state index contributed by atoms with van der Waals surface area (Å²) in [6.45, 7) is 7.11. The molecule has 0 amide bonds.